The fraction of sp³-hybridized carbons (Fsp3) is 0.208. The molecule has 2 N–H and O–H groups in total. The Bertz CT molecular complexity index is 998. The molecule has 0 bridgehead atoms. The van der Waals surface area contributed by atoms with Gasteiger partial charge in [-0.3, -0.25) is 9.59 Å². The van der Waals surface area contributed by atoms with Crippen molar-refractivity contribution in [1.29, 1.82) is 0 Å². The second-order valence-corrected chi connectivity index (χ2v) is 6.90. The van der Waals surface area contributed by atoms with E-state index in [0.717, 1.165) is 18.4 Å². The van der Waals surface area contributed by atoms with Gasteiger partial charge in [-0.05, 0) is 48.4 Å². The molecule has 7 nitrogen and oxygen atoms in total. The van der Waals surface area contributed by atoms with Crippen LogP contribution in [0.5, 0.6) is 0 Å². The van der Waals surface area contributed by atoms with Gasteiger partial charge in [0.2, 0.25) is 0 Å². The van der Waals surface area contributed by atoms with Crippen molar-refractivity contribution in [3.8, 4) is 0 Å². The van der Waals surface area contributed by atoms with Crippen molar-refractivity contribution in [2.24, 2.45) is 0 Å². The zero-order chi connectivity index (χ0) is 22.1. The van der Waals surface area contributed by atoms with Gasteiger partial charge in [-0.1, -0.05) is 43.7 Å². The minimum Gasteiger partial charge on any atom is -0.459 e. The predicted octanol–water partition coefficient (Wildman–Crippen LogP) is 4.35. The molecule has 0 radical (unpaired) electrons. The van der Waals surface area contributed by atoms with Crippen LogP contribution in [-0.2, 0) is 9.53 Å². The van der Waals surface area contributed by atoms with E-state index in [1.54, 1.807) is 24.3 Å². The van der Waals surface area contributed by atoms with Crippen molar-refractivity contribution in [1.82, 2.24) is 5.32 Å². The first-order valence-electron chi connectivity index (χ1n) is 10.0. The summed E-state index contributed by atoms with van der Waals surface area (Å²) in [4.78, 5) is 36.5. The third-order valence-corrected chi connectivity index (χ3v) is 4.57. The zero-order valence-electron chi connectivity index (χ0n) is 17.2. The van der Waals surface area contributed by atoms with Crippen LogP contribution in [-0.4, -0.2) is 24.4 Å². The van der Waals surface area contributed by atoms with Crippen LogP contribution in [0.2, 0.25) is 0 Å². The largest absolute Gasteiger partial charge is 0.459 e. The van der Waals surface area contributed by atoms with Gasteiger partial charge in [0.15, 0.2) is 12.4 Å². The Kier molecular flexibility index (Phi) is 7.59. The number of amides is 2. The van der Waals surface area contributed by atoms with E-state index < -0.39 is 11.9 Å². The minimum absolute atomic E-state index is 0.130. The van der Waals surface area contributed by atoms with E-state index in [2.05, 4.69) is 10.6 Å². The number of esters is 1. The lowest BCUT2D eigenvalue weighted by molar-refractivity contribution is -0.125. The van der Waals surface area contributed by atoms with E-state index in [0.29, 0.717) is 5.69 Å². The average molecular weight is 420 g/mol. The Hall–Kier alpha value is -3.87. The van der Waals surface area contributed by atoms with Crippen LogP contribution in [0.4, 0.5) is 5.69 Å². The van der Waals surface area contributed by atoms with Crippen molar-refractivity contribution >= 4 is 23.5 Å². The highest BCUT2D eigenvalue weighted by Crippen LogP contribution is 2.18. The van der Waals surface area contributed by atoms with E-state index >= 15 is 0 Å². The van der Waals surface area contributed by atoms with Gasteiger partial charge in [0.1, 0.15) is 0 Å². The van der Waals surface area contributed by atoms with Crippen LogP contribution in [0.3, 0.4) is 0 Å². The highest BCUT2D eigenvalue weighted by molar-refractivity contribution is 6.02. The summed E-state index contributed by atoms with van der Waals surface area (Å²) in [5, 5.41) is 5.57. The van der Waals surface area contributed by atoms with Gasteiger partial charge >= 0.3 is 5.97 Å². The molecule has 0 saturated carbocycles. The van der Waals surface area contributed by atoms with Gasteiger partial charge in [-0.25, -0.2) is 4.79 Å². The Morgan fingerprint density at radius 3 is 2.35 bits per heavy atom. The summed E-state index contributed by atoms with van der Waals surface area (Å²) >= 11 is 0. The summed E-state index contributed by atoms with van der Waals surface area (Å²) in [6.45, 7) is 1.67. The SMILES string of the molecule is CCC[C@H](NC(=O)COC(=O)c1ccc(NC(=O)c2ccco2)cc1)c1ccccc1. The highest BCUT2D eigenvalue weighted by atomic mass is 16.5. The van der Waals surface area contributed by atoms with E-state index in [9.17, 15) is 14.4 Å². The maximum Gasteiger partial charge on any atom is 0.338 e. The molecule has 2 amide bonds. The molecule has 0 fully saturated rings. The van der Waals surface area contributed by atoms with Crippen LogP contribution < -0.4 is 10.6 Å². The number of benzene rings is 2. The molecule has 31 heavy (non-hydrogen) atoms. The van der Waals surface area contributed by atoms with Crippen molar-refractivity contribution in [3.63, 3.8) is 0 Å². The number of carbonyl (C=O) groups excluding carboxylic acids is 3. The van der Waals surface area contributed by atoms with E-state index in [1.807, 2.05) is 37.3 Å². The molecule has 1 aromatic heterocycles. The van der Waals surface area contributed by atoms with Gasteiger partial charge < -0.3 is 19.8 Å². The molecule has 0 aliphatic carbocycles. The topological polar surface area (TPSA) is 97.6 Å². The molecule has 3 rings (SSSR count). The second kappa shape index (κ2) is 10.8. The summed E-state index contributed by atoms with van der Waals surface area (Å²) in [5.41, 5.74) is 1.79. The van der Waals surface area contributed by atoms with E-state index in [-0.39, 0.29) is 29.9 Å². The maximum absolute atomic E-state index is 12.3. The van der Waals surface area contributed by atoms with Crippen LogP contribution in [0.1, 0.15) is 52.3 Å². The number of rotatable bonds is 9. The number of nitrogens with one attached hydrogen (secondary N) is 2. The third kappa shape index (κ3) is 6.30. The molecule has 7 heteroatoms. The summed E-state index contributed by atoms with van der Waals surface area (Å²) in [7, 11) is 0. The number of hydrogen-bond donors (Lipinski definition) is 2. The van der Waals surface area contributed by atoms with Crippen LogP contribution >= 0.6 is 0 Å². The Balaban J connectivity index is 1.50. The van der Waals surface area contributed by atoms with Crippen LogP contribution in [0, 0.1) is 0 Å². The molecular formula is C24H24N2O5. The lowest BCUT2D eigenvalue weighted by Crippen LogP contribution is -2.32. The first kappa shape index (κ1) is 21.8. The van der Waals surface area contributed by atoms with Crippen molar-refractivity contribution in [2.45, 2.75) is 25.8 Å². The molecule has 2 aromatic carbocycles. The molecule has 1 heterocycles. The lowest BCUT2D eigenvalue weighted by Gasteiger charge is -2.18. The van der Waals surface area contributed by atoms with Gasteiger partial charge in [0, 0.05) is 5.69 Å². The van der Waals surface area contributed by atoms with Crippen molar-refractivity contribution in [3.05, 3.63) is 89.9 Å². The van der Waals surface area contributed by atoms with E-state index in [4.69, 9.17) is 9.15 Å². The van der Waals surface area contributed by atoms with Crippen molar-refractivity contribution < 1.29 is 23.5 Å². The molecule has 0 saturated heterocycles. The Morgan fingerprint density at radius 2 is 1.71 bits per heavy atom. The van der Waals surface area contributed by atoms with Gasteiger partial charge in [-0.15, -0.1) is 0 Å². The molecule has 160 valence electrons. The normalized spacial score (nSPS) is 11.4. The minimum atomic E-state index is -0.620. The predicted molar refractivity (Wildman–Crippen MR) is 116 cm³/mol. The second-order valence-electron chi connectivity index (χ2n) is 6.90. The third-order valence-electron chi connectivity index (χ3n) is 4.57. The zero-order valence-corrected chi connectivity index (χ0v) is 17.2. The highest BCUT2D eigenvalue weighted by Gasteiger charge is 2.16. The van der Waals surface area contributed by atoms with Gasteiger partial charge in [-0.2, -0.15) is 0 Å². The van der Waals surface area contributed by atoms with Gasteiger partial charge in [0.05, 0.1) is 17.9 Å². The maximum atomic E-state index is 12.3. The number of carbonyl (C=O) groups is 3. The first-order chi connectivity index (χ1) is 15.1. The number of anilines is 1. The first-order valence-corrected chi connectivity index (χ1v) is 10.0. The Morgan fingerprint density at radius 1 is 0.968 bits per heavy atom. The summed E-state index contributed by atoms with van der Waals surface area (Å²) in [6.07, 6.45) is 3.10. The average Bonchev–Trinajstić information content (AvgIpc) is 3.33. The van der Waals surface area contributed by atoms with Crippen molar-refractivity contribution in [2.75, 3.05) is 11.9 Å². The summed E-state index contributed by atoms with van der Waals surface area (Å²) in [6, 6.07) is 18.9. The number of hydrogen-bond acceptors (Lipinski definition) is 5. The molecule has 0 aliphatic heterocycles. The summed E-state index contributed by atoms with van der Waals surface area (Å²) < 4.78 is 10.2. The molecule has 3 aromatic rings. The lowest BCUT2D eigenvalue weighted by atomic mass is 10.0. The summed E-state index contributed by atoms with van der Waals surface area (Å²) in [5.74, 6) is -1.19. The molecular weight excluding hydrogens is 396 g/mol. The Labute approximate surface area is 180 Å². The standard InChI is InChI=1S/C24H24N2O5/c1-2-7-20(17-8-4-3-5-9-17)26-22(27)16-31-24(29)18-11-13-19(14-12-18)25-23(28)21-10-6-15-30-21/h3-6,8-15,20H,2,7,16H2,1H3,(H,25,28)(H,26,27)/t20-/m0/s1. The molecule has 0 spiro atoms. The fourth-order valence-corrected chi connectivity index (χ4v) is 3.04. The van der Waals surface area contributed by atoms with Crippen LogP contribution in [0.15, 0.2) is 77.4 Å². The van der Waals surface area contributed by atoms with E-state index in [1.165, 1.54) is 18.4 Å². The van der Waals surface area contributed by atoms with Crippen LogP contribution in [0.25, 0.3) is 0 Å². The quantitative estimate of drug-likeness (QED) is 0.502. The van der Waals surface area contributed by atoms with Gasteiger partial charge in [0.25, 0.3) is 11.8 Å². The number of furan rings is 1. The molecule has 0 aliphatic rings. The monoisotopic (exact) mass is 420 g/mol. The number of ether oxygens (including phenoxy) is 1. The molecule has 0 unspecified atom stereocenters. The fourth-order valence-electron chi connectivity index (χ4n) is 3.04. The molecule has 1 atom stereocenters. The smallest absolute Gasteiger partial charge is 0.338 e.